The Labute approximate surface area is 227 Å². The summed E-state index contributed by atoms with van der Waals surface area (Å²) in [6.45, 7) is 4.79. The van der Waals surface area contributed by atoms with Gasteiger partial charge in [0.2, 0.25) is 5.69 Å². The molecule has 0 spiro atoms. The Morgan fingerprint density at radius 2 is 1.90 bits per heavy atom. The predicted octanol–water partition coefficient (Wildman–Crippen LogP) is 4.81. The molecule has 2 aromatic carbocycles. The monoisotopic (exact) mass is 544 g/mol. The number of nitrogens with zero attached hydrogens (tertiary/aromatic N) is 1. The van der Waals surface area contributed by atoms with Crippen LogP contribution in [0.2, 0.25) is 0 Å². The number of hydrogen-bond acceptors (Lipinski definition) is 5. The van der Waals surface area contributed by atoms with E-state index >= 15 is 0 Å². The van der Waals surface area contributed by atoms with Gasteiger partial charge in [0.15, 0.2) is 5.71 Å². The first-order chi connectivity index (χ1) is 18.5. The summed E-state index contributed by atoms with van der Waals surface area (Å²) in [6.07, 6.45) is 5.84. The van der Waals surface area contributed by atoms with Gasteiger partial charge in [-0.15, -0.1) is 0 Å². The van der Waals surface area contributed by atoms with E-state index in [2.05, 4.69) is 36.3 Å². The third kappa shape index (κ3) is 5.65. The normalized spacial score (nSPS) is 16.5. The number of allylic oxidation sites excluding steroid dienone is 1. The van der Waals surface area contributed by atoms with Gasteiger partial charge in [-0.2, -0.15) is 13.0 Å². The van der Waals surface area contributed by atoms with Gasteiger partial charge in [0.25, 0.3) is 10.1 Å². The van der Waals surface area contributed by atoms with Crippen molar-refractivity contribution in [3.8, 4) is 11.8 Å². The van der Waals surface area contributed by atoms with Gasteiger partial charge in [-0.1, -0.05) is 30.0 Å². The predicted molar refractivity (Wildman–Crippen MR) is 151 cm³/mol. The number of benzene rings is 2. The number of carbonyl (C=O) groups excluding carboxylic acids is 1. The number of para-hydroxylation sites is 1. The Kier molecular flexibility index (Phi) is 7.15. The highest BCUT2D eigenvalue weighted by Crippen LogP contribution is 2.40. The van der Waals surface area contributed by atoms with Crippen LogP contribution in [0.5, 0.6) is 0 Å². The van der Waals surface area contributed by atoms with Crippen LogP contribution in [0.15, 0.2) is 57.8 Å². The molecule has 0 fully saturated rings. The fourth-order valence-corrected chi connectivity index (χ4v) is 5.94. The summed E-state index contributed by atoms with van der Waals surface area (Å²) in [7, 11) is -4.01. The molecule has 0 amide bonds. The standard InChI is InChI=1S/C31H29NO6S/c1-31(2)26-11-5-6-12-27(26)32(15-7-8-16-39(35,36)37)29(31)14-13-22-17-24-18-23-19-25(33)10-4-3-9-21(23)20-28(24)38-30(22)34/h5-6,11-14,17-18,20H,4,7-8,10,15-16,19H2,1-2H3/p+1/b14-13+. The van der Waals surface area contributed by atoms with Crippen molar-refractivity contribution in [3.63, 3.8) is 0 Å². The number of hydrogen-bond donors (Lipinski definition) is 1. The lowest BCUT2D eigenvalue weighted by Crippen LogP contribution is -2.28. The van der Waals surface area contributed by atoms with Crippen LogP contribution in [-0.4, -0.2) is 41.3 Å². The molecule has 1 aromatic heterocycles. The molecule has 5 rings (SSSR count). The molecule has 1 aliphatic heterocycles. The zero-order valence-electron chi connectivity index (χ0n) is 22.0. The van der Waals surface area contributed by atoms with E-state index in [1.54, 1.807) is 18.2 Å². The summed E-state index contributed by atoms with van der Waals surface area (Å²) in [6, 6.07) is 13.5. The molecule has 7 nitrogen and oxygen atoms in total. The average molecular weight is 545 g/mol. The number of ketones is 1. The van der Waals surface area contributed by atoms with Crippen LogP contribution in [0, 0.1) is 11.8 Å². The second-order valence-corrected chi connectivity index (χ2v) is 12.1. The molecule has 2 aliphatic rings. The third-order valence-corrected chi connectivity index (χ3v) is 8.18. The fraction of sp³-hybridized carbons (Fsp3) is 0.323. The van der Waals surface area contributed by atoms with E-state index in [0.717, 1.165) is 27.9 Å². The van der Waals surface area contributed by atoms with Gasteiger partial charge in [0, 0.05) is 54.3 Å². The number of unbranched alkanes of at least 4 members (excludes halogenated alkanes) is 1. The summed E-state index contributed by atoms with van der Waals surface area (Å²) < 4.78 is 39.2. The van der Waals surface area contributed by atoms with E-state index in [-0.39, 0.29) is 17.0 Å². The first-order valence-corrected chi connectivity index (χ1v) is 14.6. The van der Waals surface area contributed by atoms with E-state index in [0.29, 0.717) is 55.4 Å². The smallest absolute Gasteiger partial charge is 0.343 e. The van der Waals surface area contributed by atoms with Crippen molar-refractivity contribution >= 4 is 44.3 Å². The summed E-state index contributed by atoms with van der Waals surface area (Å²) in [5.74, 6) is 5.96. The molecule has 39 heavy (non-hydrogen) atoms. The maximum Gasteiger partial charge on any atom is 0.343 e. The topological polar surface area (TPSA) is 105 Å². The molecule has 1 aliphatic carbocycles. The zero-order valence-corrected chi connectivity index (χ0v) is 22.8. The van der Waals surface area contributed by atoms with E-state index in [9.17, 15) is 18.0 Å². The first-order valence-electron chi connectivity index (χ1n) is 13.0. The largest absolute Gasteiger partial charge is 0.422 e. The maximum absolute atomic E-state index is 12.9. The van der Waals surface area contributed by atoms with Crippen LogP contribution in [0.4, 0.5) is 5.69 Å². The van der Waals surface area contributed by atoms with Crippen molar-refractivity contribution in [1.82, 2.24) is 0 Å². The molecule has 0 saturated carbocycles. The number of carbonyl (C=O) groups is 1. The van der Waals surface area contributed by atoms with E-state index in [1.165, 1.54) is 0 Å². The van der Waals surface area contributed by atoms with Gasteiger partial charge in [-0.3, -0.25) is 9.35 Å². The minimum atomic E-state index is -4.01. The van der Waals surface area contributed by atoms with Crippen molar-refractivity contribution in [3.05, 3.63) is 81.2 Å². The quantitative estimate of drug-likeness (QED) is 0.151. The Balaban J connectivity index is 1.52. The van der Waals surface area contributed by atoms with E-state index < -0.39 is 15.7 Å². The van der Waals surface area contributed by atoms with Crippen LogP contribution in [0.3, 0.4) is 0 Å². The molecule has 1 N–H and O–H groups in total. The van der Waals surface area contributed by atoms with Gasteiger partial charge in [-0.05, 0) is 50.1 Å². The molecule has 0 atom stereocenters. The van der Waals surface area contributed by atoms with Crippen LogP contribution in [0.25, 0.3) is 17.0 Å². The second kappa shape index (κ2) is 10.4. The van der Waals surface area contributed by atoms with Crippen molar-refractivity contribution in [2.45, 2.75) is 51.4 Å². The van der Waals surface area contributed by atoms with Crippen molar-refractivity contribution in [2.75, 3.05) is 12.3 Å². The zero-order chi connectivity index (χ0) is 27.8. The lowest BCUT2D eigenvalue weighted by Gasteiger charge is -2.15. The van der Waals surface area contributed by atoms with Gasteiger partial charge in [0.05, 0.1) is 16.7 Å². The summed E-state index contributed by atoms with van der Waals surface area (Å²) in [5.41, 5.74) is 4.67. The van der Waals surface area contributed by atoms with Gasteiger partial charge in [0.1, 0.15) is 17.9 Å². The van der Waals surface area contributed by atoms with E-state index in [1.807, 2.05) is 30.3 Å². The second-order valence-electron chi connectivity index (χ2n) is 10.6. The highest BCUT2D eigenvalue weighted by Gasteiger charge is 2.43. The Morgan fingerprint density at radius 1 is 1.10 bits per heavy atom. The SMILES string of the molecule is CC1(C)C(/C=C/c2cc3cc4c(cc3oc2=O)C#CCCC(=O)C4)=[N+](CCCCS(=O)(=O)O)c2ccccc21. The molecule has 0 radical (unpaired) electrons. The molecule has 2 heterocycles. The third-order valence-electron chi connectivity index (χ3n) is 7.38. The number of rotatable bonds is 7. The van der Waals surface area contributed by atoms with Crippen LogP contribution in [-0.2, 0) is 26.7 Å². The fourth-order valence-electron chi connectivity index (χ4n) is 5.37. The van der Waals surface area contributed by atoms with Crippen LogP contribution in [0.1, 0.15) is 61.8 Å². The van der Waals surface area contributed by atoms with Crippen molar-refractivity contribution in [2.24, 2.45) is 0 Å². The summed E-state index contributed by atoms with van der Waals surface area (Å²) >= 11 is 0. The van der Waals surface area contributed by atoms with Gasteiger partial charge < -0.3 is 4.42 Å². The molecule has 3 aromatic rings. The molecular weight excluding hydrogens is 514 g/mol. The van der Waals surface area contributed by atoms with Gasteiger partial charge >= 0.3 is 5.63 Å². The lowest BCUT2D eigenvalue weighted by atomic mass is 9.81. The maximum atomic E-state index is 12.9. The summed E-state index contributed by atoms with van der Waals surface area (Å²) in [4.78, 5) is 25.2. The molecule has 200 valence electrons. The Morgan fingerprint density at radius 3 is 2.69 bits per heavy atom. The molecule has 8 heteroatoms. The molecule has 0 unspecified atom stereocenters. The minimum absolute atomic E-state index is 0.137. The first kappa shape index (κ1) is 26.8. The Hall–Kier alpha value is -3.80. The lowest BCUT2D eigenvalue weighted by molar-refractivity contribution is -0.438. The average Bonchev–Trinajstić information content (AvgIpc) is 3.08. The summed E-state index contributed by atoms with van der Waals surface area (Å²) in [5, 5.41) is 0.726. The molecular formula is C31H30NO6S+. The molecule has 0 saturated heterocycles. The van der Waals surface area contributed by atoms with Crippen molar-refractivity contribution in [1.29, 1.82) is 0 Å². The van der Waals surface area contributed by atoms with Crippen LogP contribution < -0.4 is 5.63 Å². The highest BCUT2D eigenvalue weighted by atomic mass is 32.2. The van der Waals surface area contributed by atoms with Crippen LogP contribution >= 0.6 is 0 Å². The number of Topliss-reactive ketones (excluding diaryl/α,β-unsaturated/α-hetero) is 1. The highest BCUT2D eigenvalue weighted by molar-refractivity contribution is 7.85. The van der Waals surface area contributed by atoms with Crippen molar-refractivity contribution < 1.29 is 26.8 Å². The molecule has 0 bridgehead atoms. The number of fused-ring (bicyclic) bond motifs is 3. The van der Waals surface area contributed by atoms with E-state index in [4.69, 9.17) is 8.97 Å². The van der Waals surface area contributed by atoms with Gasteiger partial charge in [-0.25, -0.2) is 4.79 Å². The minimum Gasteiger partial charge on any atom is -0.422 e. The Bertz CT molecular complexity index is 1780.